The number of anilines is 3. The maximum atomic E-state index is 13.0. The summed E-state index contributed by atoms with van der Waals surface area (Å²) >= 11 is 12.2. The number of rotatable bonds is 7. The molecule has 178 valence electrons. The molecule has 3 aromatic carbocycles. The predicted molar refractivity (Wildman–Crippen MR) is 137 cm³/mol. The van der Waals surface area contributed by atoms with Crippen LogP contribution in [0.15, 0.2) is 77.5 Å². The number of ether oxygens (including phenoxy) is 1. The number of aryl methyl sites for hydroxylation is 1. The van der Waals surface area contributed by atoms with Crippen molar-refractivity contribution in [2.45, 2.75) is 13.8 Å². The van der Waals surface area contributed by atoms with Crippen LogP contribution < -0.4 is 20.3 Å². The molecule has 0 bridgehead atoms. The van der Waals surface area contributed by atoms with Crippen LogP contribution in [0.2, 0.25) is 5.02 Å². The van der Waals surface area contributed by atoms with Gasteiger partial charge in [-0.1, -0.05) is 29.3 Å². The quantitative estimate of drug-likeness (QED) is 0.396. The number of halogens is 2. The minimum atomic E-state index is -0.629. The summed E-state index contributed by atoms with van der Waals surface area (Å²) in [6.45, 7) is 4.23. The van der Waals surface area contributed by atoms with Crippen molar-refractivity contribution in [3.05, 3.63) is 93.6 Å². The molecule has 0 unspecified atom stereocenters. The lowest BCUT2D eigenvalue weighted by Crippen LogP contribution is -2.32. The highest BCUT2D eigenvalue weighted by Crippen LogP contribution is 2.31. The molecule has 2 N–H and O–H groups in total. The minimum Gasteiger partial charge on any atom is -0.494 e. The molecule has 0 radical (unpaired) electrons. The molecule has 3 aromatic rings. The Morgan fingerprint density at radius 1 is 0.943 bits per heavy atom. The van der Waals surface area contributed by atoms with E-state index in [1.165, 1.54) is 0 Å². The van der Waals surface area contributed by atoms with Gasteiger partial charge in [0.15, 0.2) is 0 Å². The van der Waals surface area contributed by atoms with Crippen LogP contribution in [0.1, 0.15) is 22.8 Å². The van der Waals surface area contributed by atoms with Crippen LogP contribution in [0.5, 0.6) is 5.75 Å². The van der Waals surface area contributed by atoms with Gasteiger partial charge >= 0.3 is 0 Å². The molecular formula is C26H21Cl2N3O4. The van der Waals surface area contributed by atoms with E-state index in [0.29, 0.717) is 40.0 Å². The van der Waals surface area contributed by atoms with Gasteiger partial charge < -0.3 is 15.4 Å². The van der Waals surface area contributed by atoms with E-state index < -0.39 is 11.8 Å². The Balaban J connectivity index is 1.47. The first-order chi connectivity index (χ1) is 16.8. The Hall–Kier alpha value is -3.81. The standard InChI is InChI=1S/C26H21Cl2N3O4/c1-3-35-20-12-10-19(11-13-20)31-25(33)22(28)23(26(31)34)29-18-8-5-16(6-9-18)24(32)30-21-14-17(27)7-4-15(21)2/h4-14,29H,3H2,1-2H3,(H,30,32). The molecule has 1 heterocycles. The van der Waals surface area contributed by atoms with E-state index in [4.69, 9.17) is 27.9 Å². The van der Waals surface area contributed by atoms with Crippen molar-refractivity contribution in [1.82, 2.24) is 0 Å². The van der Waals surface area contributed by atoms with Crippen molar-refractivity contribution in [3.63, 3.8) is 0 Å². The molecule has 0 spiro atoms. The topological polar surface area (TPSA) is 87.7 Å². The van der Waals surface area contributed by atoms with Crippen molar-refractivity contribution in [2.24, 2.45) is 0 Å². The van der Waals surface area contributed by atoms with Gasteiger partial charge in [-0.25, -0.2) is 4.90 Å². The monoisotopic (exact) mass is 509 g/mol. The number of nitrogens with zero attached hydrogens (tertiary/aromatic N) is 1. The van der Waals surface area contributed by atoms with Crippen LogP contribution in [0.3, 0.4) is 0 Å². The zero-order chi connectivity index (χ0) is 25.1. The molecule has 4 rings (SSSR count). The van der Waals surface area contributed by atoms with Crippen molar-refractivity contribution in [1.29, 1.82) is 0 Å². The first kappa shape index (κ1) is 24.3. The summed E-state index contributed by atoms with van der Waals surface area (Å²) in [7, 11) is 0. The van der Waals surface area contributed by atoms with Gasteiger partial charge in [-0.15, -0.1) is 0 Å². The number of carbonyl (C=O) groups excluding carboxylic acids is 3. The predicted octanol–water partition coefficient (Wildman–Crippen LogP) is 5.74. The van der Waals surface area contributed by atoms with Crippen molar-refractivity contribution in [2.75, 3.05) is 22.1 Å². The number of hydrogen-bond acceptors (Lipinski definition) is 5. The molecule has 3 amide bonds. The lowest BCUT2D eigenvalue weighted by molar-refractivity contribution is -0.120. The molecule has 0 saturated heterocycles. The van der Waals surface area contributed by atoms with E-state index in [1.54, 1.807) is 60.7 Å². The fourth-order valence-electron chi connectivity index (χ4n) is 3.48. The molecule has 1 aliphatic heterocycles. The van der Waals surface area contributed by atoms with Gasteiger partial charge in [0, 0.05) is 22.0 Å². The third-order valence-corrected chi connectivity index (χ3v) is 5.88. The lowest BCUT2D eigenvalue weighted by Gasteiger charge is -2.15. The van der Waals surface area contributed by atoms with Crippen LogP contribution in [0.25, 0.3) is 0 Å². The van der Waals surface area contributed by atoms with Crippen LogP contribution in [-0.4, -0.2) is 24.3 Å². The highest BCUT2D eigenvalue weighted by molar-refractivity contribution is 6.53. The van der Waals surface area contributed by atoms with Crippen LogP contribution in [0.4, 0.5) is 17.1 Å². The smallest absolute Gasteiger partial charge is 0.283 e. The van der Waals surface area contributed by atoms with E-state index >= 15 is 0 Å². The minimum absolute atomic E-state index is 0.0442. The summed E-state index contributed by atoms with van der Waals surface area (Å²) in [5, 5.41) is 6.02. The van der Waals surface area contributed by atoms with Gasteiger partial charge in [0.05, 0.1) is 12.3 Å². The van der Waals surface area contributed by atoms with E-state index in [2.05, 4.69) is 10.6 Å². The number of imide groups is 1. The Morgan fingerprint density at radius 3 is 2.29 bits per heavy atom. The Labute approximate surface area is 212 Å². The zero-order valence-corrected chi connectivity index (χ0v) is 20.4. The molecule has 35 heavy (non-hydrogen) atoms. The second-order valence-electron chi connectivity index (χ2n) is 7.68. The normalized spacial score (nSPS) is 13.3. The van der Waals surface area contributed by atoms with E-state index in [0.717, 1.165) is 10.5 Å². The maximum Gasteiger partial charge on any atom is 0.283 e. The summed E-state index contributed by atoms with van der Waals surface area (Å²) < 4.78 is 5.40. The average molecular weight is 510 g/mol. The molecular weight excluding hydrogens is 489 g/mol. The second-order valence-corrected chi connectivity index (χ2v) is 8.49. The number of hydrogen-bond donors (Lipinski definition) is 2. The highest BCUT2D eigenvalue weighted by Gasteiger charge is 2.39. The van der Waals surface area contributed by atoms with Gasteiger partial charge in [-0.2, -0.15) is 0 Å². The number of benzene rings is 3. The van der Waals surface area contributed by atoms with E-state index in [-0.39, 0.29) is 16.6 Å². The van der Waals surface area contributed by atoms with Crippen LogP contribution >= 0.6 is 23.2 Å². The fourth-order valence-corrected chi connectivity index (χ4v) is 3.86. The molecule has 0 aromatic heterocycles. The Kier molecular flexibility index (Phi) is 7.10. The maximum absolute atomic E-state index is 13.0. The number of amides is 3. The van der Waals surface area contributed by atoms with Crippen molar-refractivity contribution < 1.29 is 19.1 Å². The third kappa shape index (κ3) is 5.16. The average Bonchev–Trinajstić information content (AvgIpc) is 3.05. The molecule has 7 nitrogen and oxygen atoms in total. The van der Waals surface area contributed by atoms with Gasteiger partial charge in [0.1, 0.15) is 16.5 Å². The van der Waals surface area contributed by atoms with Gasteiger partial charge in [-0.3, -0.25) is 14.4 Å². The summed E-state index contributed by atoms with van der Waals surface area (Å²) in [4.78, 5) is 39.3. The van der Waals surface area contributed by atoms with Crippen molar-refractivity contribution >= 4 is 58.0 Å². The van der Waals surface area contributed by atoms with E-state index in [1.807, 2.05) is 19.9 Å². The summed E-state index contributed by atoms with van der Waals surface area (Å²) in [5.41, 5.74) is 2.72. The second kappa shape index (κ2) is 10.2. The van der Waals surface area contributed by atoms with Gasteiger partial charge in [0.25, 0.3) is 17.7 Å². The zero-order valence-electron chi connectivity index (χ0n) is 18.9. The molecule has 0 aliphatic carbocycles. The molecule has 0 saturated carbocycles. The summed E-state index contributed by atoms with van der Waals surface area (Å²) in [6.07, 6.45) is 0. The first-order valence-corrected chi connectivity index (χ1v) is 11.5. The Bertz CT molecular complexity index is 1340. The fraction of sp³-hybridized carbons (Fsp3) is 0.115. The molecule has 1 aliphatic rings. The first-order valence-electron chi connectivity index (χ1n) is 10.7. The third-order valence-electron chi connectivity index (χ3n) is 5.30. The summed E-state index contributed by atoms with van der Waals surface area (Å²) in [6, 6.07) is 18.2. The molecule has 0 fully saturated rings. The highest BCUT2D eigenvalue weighted by atomic mass is 35.5. The van der Waals surface area contributed by atoms with Gasteiger partial charge in [0.2, 0.25) is 0 Å². The number of carbonyl (C=O) groups is 3. The van der Waals surface area contributed by atoms with Crippen molar-refractivity contribution in [3.8, 4) is 5.75 Å². The largest absolute Gasteiger partial charge is 0.494 e. The van der Waals surface area contributed by atoms with E-state index in [9.17, 15) is 14.4 Å². The van der Waals surface area contributed by atoms with Gasteiger partial charge in [-0.05, 0) is 80.1 Å². The SMILES string of the molecule is CCOc1ccc(N2C(=O)C(Cl)=C(Nc3ccc(C(=O)Nc4cc(Cl)ccc4C)cc3)C2=O)cc1. The molecule has 0 atom stereocenters. The summed E-state index contributed by atoms with van der Waals surface area (Å²) in [5.74, 6) is -0.894. The number of nitrogens with one attached hydrogen (secondary N) is 2. The van der Waals surface area contributed by atoms with Crippen LogP contribution in [0, 0.1) is 6.92 Å². The lowest BCUT2D eigenvalue weighted by atomic mass is 10.1. The Morgan fingerprint density at radius 2 is 1.63 bits per heavy atom. The molecule has 9 heteroatoms. The van der Waals surface area contributed by atoms with Crippen LogP contribution in [-0.2, 0) is 9.59 Å².